The molecule has 0 amide bonds. The van der Waals surface area contributed by atoms with Gasteiger partial charge in [-0.15, -0.1) is 11.3 Å². The topological polar surface area (TPSA) is 55.1 Å². The summed E-state index contributed by atoms with van der Waals surface area (Å²) in [6, 6.07) is 14.7. The normalized spacial score (nSPS) is 10.2. The number of thiazole rings is 1. The van der Waals surface area contributed by atoms with Gasteiger partial charge < -0.3 is 9.47 Å². The van der Waals surface area contributed by atoms with Gasteiger partial charge in [0.05, 0.1) is 24.4 Å². The van der Waals surface area contributed by atoms with Crippen LogP contribution in [0.15, 0.2) is 47.8 Å². The Bertz CT molecular complexity index is 885. The predicted octanol–water partition coefficient (Wildman–Crippen LogP) is 4.92. The maximum Gasteiger partial charge on any atom is 0.162 e. The number of aromatic nitrogens is 1. The minimum atomic E-state index is 0.326. The van der Waals surface area contributed by atoms with E-state index < -0.39 is 0 Å². The first-order valence-electron chi connectivity index (χ1n) is 7.11. The van der Waals surface area contributed by atoms with Crippen molar-refractivity contribution in [2.24, 2.45) is 0 Å². The molecule has 0 aliphatic carbocycles. The van der Waals surface area contributed by atoms with Gasteiger partial charge in [0.25, 0.3) is 0 Å². The Morgan fingerprint density at radius 3 is 2.67 bits per heavy atom. The average Bonchev–Trinajstić information content (AvgIpc) is 3.09. The Balaban J connectivity index is 1.72. The van der Waals surface area contributed by atoms with Gasteiger partial charge in [0.15, 0.2) is 11.5 Å². The van der Waals surface area contributed by atoms with Gasteiger partial charge in [0.1, 0.15) is 11.6 Å². The van der Waals surface area contributed by atoms with Crippen molar-refractivity contribution >= 4 is 22.9 Å². The van der Waals surface area contributed by atoms with Gasteiger partial charge in [-0.3, -0.25) is 0 Å². The van der Waals surface area contributed by atoms with E-state index in [0.717, 1.165) is 16.3 Å². The Labute approximate surface area is 148 Å². The second-order valence-corrected chi connectivity index (χ2v) is 6.21. The van der Waals surface area contributed by atoms with Crippen LogP contribution >= 0.6 is 22.9 Å². The summed E-state index contributed by atoms with van der Waals surface area (Å²) in [6.45, 7) is 0.326. The zero-order valence-electron chi connectivity index (χ0n) is 12.8. The van der Waals surface area contributed by atoms with Crippen LogP contribution in [0.25, 0.3) is 10.6 Å². The lowest BCUT2D eigenvalue weighted by molar-refractivity contribution is 0.281. The van der Waals surface area contributed by atoms with E-state index in [2.05, 4.69) is 11.1 Å². The van der Waals surface area contributed by atoms with Gasteiger partial charge in [-0.2, -0.15) is 5.26 Å². The number of rotatable bonds is 5. The van der Waals surface area contributed by atoms with Crippen LogP contribution in [-0.2, 0) is 6.61 Å². The lowest BCUT2D eigenvalue weighted by Gasteiger charge is -2.09. The molecule has 120 valence electrons. The molecule has 0 atom stereocenters. The van der Waals surface area contributed by atoms with Gasteiger partial charge in [0, 0.05) is 22.0 Å². The van der Waals surface area contributed by atoms with Crippen LogP contribution in [0.2, 0.25) is 5.02 Å². The Morgan fingerprint density at radius 2 is 1.96 bits per heavy atom. The Morgan fingerprint density at radius 1 is 1.17 bits per heavy atom. The van der Waals surface area contributed by atoms with Crippen LogP contribution in [0.5, 0.6) is 11.5 Å². The highest BCUT2D eigenvalue weighted by Crippen LogP contribution is 2.30. The third-order valence-corrected chi connectivity index (χ3v) is 4.50. The van der Waals surface area contributed by atoms with Crippen LogP contribution < -0.4 is 9.47 Å². The third kappa shape index (κ3) is 3.67. The molecule has 0 aliphatic rings. The fraction of sp³-hybridized carbons (Fsp3) is 0.111. The summed E-state index contributed by atoms with van der Waals surface area (Å²) in [5.41, 5.74) is 2.38. The number of ether oxygens (including phenoxy) is 2. The Kier molecular flexibility index (Phi) is 4.99. The first kappa shape index (κ1) is 16.3. The van der Waals surface area contributed by atoms with Gasteiger partial charge >= 0.3 is 0 Å². The molecular formula is C18H13ClN2O2S. The van der Waals surface area contributed by atoms with E-state index in [1.54, 1.807) is 36.6 Å². The fourth-order valence-corrected chi connectivity index (χ4v) is 3.04. The number of benzene rings is 2. The van der Waals surface area contributed by atoms with E-state index in [9.17, 15) is 0 Å². The van der Waals surface area contributed by atoms with Crippen molar-refractivity contribution in [2.45, 2.75) is 6.61 Å². The number of nitriles is 1. The highest BCUT2D eigenvalue weighted by Gasteiger charge is 2.09. The molecule has 0 spiro atoms. The standard InChI is InChI=1S/C18H13ClN2O2S/c1-22-17-8-12(9-20)2-7-16(17)23-10-15-11-24-18(21-15)13-3-5-14(19)6-4-13/h2-8,11H,10H2,1H3. The van der Waals surface area contributed by atoms with Gasteiger partial charge in [-0.05, 0) is 24.3 Å². The molecule has 24 heavy (non-hydrogen) atoms. The molecule has 0 bridgehead atoms. The summed E-state index contributed by atoms with van der Waals surface area (Å²) in [7, 11) is 1.55. The third-order valence-electron chi connectivity index (χ3n) is 3.31. The highest BCUT2D eigenvalue weighted by atomic mass is 35.5. The van der Waals surface area contributed by atoms with Gasteiger partial charge in [-0.1, -0.05) is 23.7 Å². The van der Waals surface area contributed by atoms with E-state index in [4.69, 9.17) is 26.3 Å². The summed E-state index contributed by atoms with van der Waals surface area (Å²) in [5, 5.41) is 12.5. The molecule has 0 N–H and O–H groups in total. The Hall–Kier alpha value is -2.55. The molecule has 0 radical (unpaired) electrons. The predicted molar refractivity (Wildman–Crippen MR) is 94.6 cm³/mol. The second kappa shape index (κ2) is 7.35. The van der Waals surface area contributed by atoms with Crippen molar-refractivity contribution in [1.29, 1.82) is 5.26 Å². The first-order valence-corrected chi connectivity index (χ1v) is 8.36. The summed E-state index contributed by atoms with van der Waals surface area (Å²) < 4.78 is 11.0. The monoisotopic (exact) mass is 356 g/mol. The molecular weight excluding hydrogens is 344 g/mol. The van der Waals surface area contributed by atoms with Crippen LogP contribution in [-0.4, -0.2) is 12.1 Å². The zero-order chi connectivity index (χ0) is 16.9. The second-order valence-electron chi connectivity index (χ2n) is 4.92. The number of methoxy groups -OCH3 is 1. The van der Waals surface area contributed by atoms with E-state index in [1.807, 2.05) is 29.6 Å². The highest BCUT2D eigenvalue weighted by molar-refractivity contribution is 7.13. The molecule has 6 heteroatoms. The lowest BCUT2D eigenvalue weighted by atomic mass is 10.2. The van der Waals surface area contributed by atoms with Gasteiger partial charge in [0.2, 0.25) is 0 Å². The van der Waals surface area contributed by atoms with E-state index >= 15 is 0 Å². The van der Waals surface area contributed by atoms with Crippen LogP contribution in [0.3, 0.4) is 0 Å². The van der Waals surface area contributed by atoms with E-state index in [1.165, 1.54) is 0 Å². The molecule has 1 heterocycles. The van der Waals surface area contributed by atoms with Crippen LogP contribution in [0.4, 0.5) is 0 Å². The van der Waals surface area contributed by atoms with E-state index in [-0.39, 0.29) is 0 Å². The van der Waals surface area contributed by atoms with Crippen molar-refractivity contribution in [3.63, 3.8) is 0 Å². The molecule has 2 aromatic carbocycles. The number of halogens is 1. The summed E-state index contributed by atoms with van der Waals surface area (Å²) in [4.78, 5) is 4.57. The van der Waals surface area contributed by atoms with Crippen molar-refractivity contribution in [3.05, 3.63) is 64.1 Å². The van der Waals surface area contributed by atoms with Gasteiger partial charge in [-0.25, -0.2) is 4.98 Å². The van der Waals surface area contributed by atoms with E-state index in [0.29, 0.717) is 28.7 Å². The number of hydrogen-bond acceptors (Lipinski definition) is 5. The molecule has 1 aromatic heterocycles. The van der Waals surface area contributed by atoms with Crippen molar-refractivity contribution < 1.29 is 9.47 Å². The zero-order valence-corrected chi connectivity index (χ0v) is 14.4. The summed E-state index contributed by atoms with van der Waals surface area (Å²) >= 11 is 7.45. The summed E-state index contributed by atoms with van der Waals surface area (Å²) in [6.07, 6.45) is 0. The average molecular weight is 357 g/mol. The number of nitrogens with zero attached hydrogens (tertiary/aromatic N) is 2. The molecule has 3 aromatic rings. The minimum Gasteiger partial charge on any atom is -0.493 e. The first-order chi connectivity index (χ1) is 11.7. The smallest absolute Gasteiger partial charge is 0.162 e. The van der Waals surface area contributed by atoms with Crippen LogP contribution in [0.1, 0.15) is 11.3 Å². The quantitative estimate of drug-likeness (QED) is 0.650. The number of hydrogen-bond donors (Lipinski definition) is 0. The largest absolute Gasteiger partial charge is 0.493 e. The van der Waals surface area contributed by atoms with Crippen molar-refractivity contribution in [2.75, 3.05) is 7.11 Å². The summed E-state index contributed by atoms with van der Waals surface area (Å²) in [5.74, 6) is 1.11. The molecule has 0 fully saturated rings. The molecule has 0 unspecified atom stereocenters. The molecule has 4 nitrogen and oxygen atoms in total. The fourth-order valence-electron chi connectivity index (χ4n) is 2.11. The van der Waals surface area contributed by atoms with Crippen molar-refractivity contribution in [1.82, 2.24) is 4.98 Å². The molecule has 0 saturated carbocycles. The molecule has 0 saturated heterocycles. The van der Waals surface area contributed by atoms with Crippen molar-refractivity contribution in [3.8, 4) is 28.1 Å². The maximum atomic E-state index is 8.92. The minimum absolute atomic E-state index is 0.326. The molecule has 0 aliphatic heterocycles. The SMILES string of the molecule is COc1cc(C#N)ccc1OCc1csc(-c2ccc(Cl)cc2)n1. The van der Waals surface area contributed by atoms with Crippen LogP contribution in [0, 0.1) is 11.3 Å². The maximum absolute atomic E-state index is 8.92. The molecule has 3 rings (SSSR count). The lowest BCUT2D eigenvalue weighted by Crippen LogP contribution is -1.98.